The van der Waals surface area contributed by atoms with Crippen LogP contribution in [-0.2, 0) is 38.5 Å². The summed E-state index contributed by atoms with van der Waals surface area (Å²) in [4.78, 5) is 0. The second-order valence-corrected chi connectivity index (χ2v) is 15.7. The number of aromatic hydroxyl groups is 6. The lowest BCUT2D eigenvalue weighted by Gasteiger charge is -2.18. The maximum atomic E-state index is 11.3. The Labute approximate surface area is 345 Å². The van der Waals surface area contributed by atoms with E-state index in [4.69, 9.17) is 28.4 Å². The summed E-state index contributed by atoms with van der Waals surface area (Å²) in [6, 6.07) is 20.8. The summed E-state index contributed by atoms with van der Waals surface area (Å²) >= 11 is 0. The smallest absolute Gasteiger partial charge is 0.161 e. The predicted octanol–water partition coefficient (Wildman–Crippen LogP) is 7.09. The third-order valence-electron chi connectivity index (χ3n) is 11.8. The Morgan fingerprint density at radius 2 is 0.350 bits per heavy atom. The Balaban J connectivity index is 1.17. The van der Waals surface area contributed by atoms with E-state index >= 15 is 0 Å². The topological polar surface area (TPSA) is 177 Å². The Hall–Kier alpha value is -7.08. The second kappa shape index (κ2) is 14.9. The summed E-state index contributed by atoms with van der Waals surface area (Å²) in [6.45, 7) is 0.267. The molecule has 0 spiro atoms. The van der Waals surface area contributed by atoms with Crippen LogP contribution in [0, 0.1) is 0 Å². The molecule has 306 valence electrons. The maximum absolute atomic E-state index is 11.3. The lowest BCUT2D eigenvalue weighted by molar-refractivity contribution is 0.207. The molecular formula is C48H42O12. The highest BCUT2D eigenvalue weighted by atomic mass is 16.5. The van der Waals surface area contributed by atoms with Crippen LogP contribution in [-0.4, -0.2) is 70.3 Å². The van der Waals surface area contributed by atoms with Crippen molar-refractivity contribution in [3.05, 3.63) is 140 Å². The Morgan fingerprint density at radius 3 is 0.500 bits per heavy atom. The Morgan fingerprint density at radius 1 is 0.217 bits per heavy atom. The lowest BCUT2D eigenvalue weighted by atomic mass is 9.94. The lowest BCUT2D eigenvalue weighted by Crippen LogP contribution is -2.11. The standard InChI is InChI=1S/C48H42O12/c49-37-13-25-8-33-21-45-41(53)17-29(33)11-34-22-46-39(51)15-26(34)7-31(25)19-43(37)55-1-2-56-44-20-32-9-28-16-40(52)48(60-6-4-58-46)24-36(28)12-30-18-42(54)47(59-5-3-57-45)23-35(30)10-27(32)14-38(44)50/h13-24,49-54H,1-12H2. The van der Waals surface area contributed by atoms with E-state index in [2.05, 4.69) is 0 Å². The van der Waals surface area contributed by atoms with Gasteiger partial charge in [0.15, 0.2) is 69.0 Å². The zero-order valence-corrected chi connectivity index (χ0v) is 32.5. The van der Waals surface area contributed by atoms with Gasteiger partial charge in [0.05, 0.1) is 0 Å². The van der Waals surface area contributed by atoms with Crippen LogP contribution in [0.1, 0.15) is 66.8 Å². The third kappa shape index (κ3) is 7.08. The number of hydrogen-bond acceptors (Lipinski definition) is 12. The molecule has 2 aliphatic carbocycles. The van der Waals surface area contributed by atoms with Gasteiger partial charge in [-0.25, -0.2) is 0 Å². The SMILES string of the molecule is Oc1cc2c3cc1OCCOc1cc4c(cc1O)Cc1cc5c(O)cc1Cc1cc(c(O)cc1C4)OCCOc1cc(c(cc1O)C3)Cc1cc(O)c(cc1C2)OCCO5. The molecule has 12 heteroatoms. The average Bonchev–Trinajstić information content (AvgIpc) is 3.30. The van der Waals surface area contributed by atoms with Gasteiger partial charge < -0.3 is 59.1 Å². The van der Waals surface area contributed by atoms with Crippen molar-refractivity contribution in [3.8, 4) is 69.0 Å². The highest BCUT2D eigenvalue weighted by molar-refractivity contribution is 5.60. The van der Waals surface area contributed by atoms with Gasteiger partial charge in [0.1, 0.15) is 39.6 Å². The van der Waals surface area contributed by atoms with Gasteiger partial charge >= 0.3 is 0 Å². The number of rotatable bonds is 0. The molecule has 12 heterocycles. The molecule has 0 saturated carbocycles. The molecule has 18 bridgehead atoms. The molecule has 0 atom stereocenters. The van der Waals surface area contributed by atoms with Gasteiger partial charge in [0.25, 0.3) is 0 Å². The quantitative estimate of drug-likeness (QED) is 0.0919. The van der Waals surface area contributed by atoms with Gasteiger partial charge in [-0.15, -0.1) is 0 Å². The molecule has 12 nitrogen and oxygen atoms in total. The van der Waals surface area contributed by atoms with Crippen molar-refractivity contribution in [3.63, 3.8) is 0 Å². The molecule has 0 amide bonds. The van der Waals surface area contributed by atoms with E-state index in [0.717, 1.165) is 66.8 Å². The highest BCUT2D eigenvalue weighted by Gasteiger charge is 2.25. The summed E-state index contributed by atoms with van der Waals surface area (Å²) in [5.41, 5.74) is 9.91. The van der Waals surface area contributed by atoms with E-state index in [-0.39, 0.29) is 109 Å². The van der Waals surface area contributed by atoms with E-state index in [1.807, 2.05) is 0 Å². The van der Waals surface area contributed by atoms with Gasteiger partial charge in [0, 0.05) is 0 Å². The zero-order chi connectivity index (χ0) is 41.1. The van der Waals surface area contributed by atoms with Crippen molar-refractivity contribution in [1.82, 2.24) is 0 Å². The van der Waals surface area contributed by atoms with E-state index in [1.165, 1.54) is 0 Å². The molecule has 20 rings (SSSR count). The van der Waals surface area contributed by atoms with Crippen LogP contribution in [0.4, 0.5) is 0 Å². The van der Waals surface area contributed by atoms with Crippen molar-refractivity contribution < 1.29 is 59.1 Å². The maximum Gasteiger partial charge on any atom is 0.161 e. The van der Waals surface area contributed by atoms with Gasteiger partial charge in [-0.05, 0) is 178 Å². The van der Waals surface area contributed by atoms with Crippen LogP contribution in [0.3, 0.4) is 0 Å². The third-order valence-corrected chi connectivity index (χ3v) is 11.8. The first-order valence-electron chi connectivity index (χ1n) is 20.0. The van der Waals surface area contributed by atoms with Crippen molar-refractivity contribution in [2.45, 2.75) is 38.5 Å². The minimum Gasteiger partial charge on any atom is -0.504 e. The minimum absolute atomic E-state index is 0.0445. The van der Waals surface area contributed by atoms with Gasteiger partial charge in [-0.1, -0.05) is 0 Å². The molecule has 0 saturated heterocycles. The fraction of sp³-hybridized carbons (Fsp3) is 0.250. The van der Waals surface area contributed by atoms with Crippen LogP contribution in [0.2, 0.25) is 0 Å². The van der Waals surface area contributed by atoms with Crippen LogP contribution < -0.4 is 28.4 Å². The van der Waals surface area contributed by atoms with Crippen LogP contribution >= 0.6 is 0 Å². The summed E-state index contributed by atoms with van der Waals surface area (Å²) in [5, 5.41) is 67.8. The van der Waals surface area contributed by atoms with Crippen molar-refractivity contribution >= 4 is 0 Å². The average molecular weight is 811 g/mol. The van der Waals surface area contributed by atoms with Gasteiger partial charge in [-0.2, -0.15) is 0 Å². The van der Waals surface area contributed by atoms with Crippen molar-refractivity contribution in [2.24, 2.45) is 0 Å². The first-order valence-corrected chi connectivity index (χ1v) is 20.0. The molecule has 6 aromatic carbocycles. The largest absolute Gasteiger partial charge is 0.504 e. The number of ether oxygens (including phenoxy) is 6. The van der Waals surface area contributed by atoms with E-state index in [0.29, 0.717) is 38.5 Å². The highest BCUT2D eigenvalue weighted by Crippen LogP contribution is 2.43. The number of phenolic OH excluding ortho intramolecular Hbond substituents is 6. The fourth-order valence-corrected chi connectivity index (χ4v) is 8.73. The summed E-state index contributed by atoms with van der Waals surface area (Å²) in [5.74, 6) is 1.10. The van der Waals surface area contributed by atoms with Crippen molar-refractivity contribution in [1.29, 1.82) is 0 Å². The molecule has 0 fully saturated rings. The Bertz CT molecular complexity index is 2230. The molecule has 0 radical (unpaired) electrons. The van der Waals surface area contributed by atoms with Crippen molar-refractivity contribution in [2.75, 3.05) is 39.6 Å². The number of benzene rings is 6. The van der Waals surface area contributed by atoms with Crippen LogP contribution in [0.15, 0.2) is 72.8 Å². The molecule has 14 aliphatic rings. The first kappa shape index (κ1) is 37.2. The normalized spacial score (nSPS) is 15.4. The number of phenols is 6. The van der Waals surface area contributed by atoms with Gasteiger partial charge in [0.2, 0.25) is 0 Å². The summed E-state index contributed by atoms with van der Waals surface area (Å²) in [6.07, 6.45) is 2.28. The van der Waals surface area contributed by atoms with Crippen LogP contribution in [0.5, 0.6) is 69.0 Å². The predicted molar refractivity (Wildman–Crippen MR) is 218 cm³/mol. The summed E-state index contributed by atoms with van der Waals surface area (Å²) in [7, 11) is 0. The van der Waals surface area contributed by atoms with E-state index < -0.39 is 0 Å². The Kier molecular flexibility index (Phi) is 9.27. The second-order valence-electron chi connectivity index (χ2n) is 15.7. The van der Waals surface area contributed by atoms with Crippen LogP contribution in [0.25, 0.3) is 0 Å². The first-order chi connectivity index (χ1) is 29.1. The monoisotopic (exact) mass is 810 g/mol. The zero-order valence-electron chi connectivity index (χ0n) is 32.5. The number of hydrogen-bond donors (Lipinski definition) is 6. The summed E-state index contributed by atoms with van der Waals surface area (Å²) < 4.78 is 36.8. The molecule has 0 aromatic heterocycles. The van der Waals surface area contributed by atoms with E-state index in [1.54, 1.807) is 72.8 Å². The minimum atomic E-state index is -0.0669. The molecule has 12 aliphatic heterocycles. The molecule has 60 heavy (non-hydrogen) atoms. The fourth-order valence-electron chi connectivity index (χ4n) is 8.73. The molecule has 6 N–H and O–H groups in total. The van der Waals surface area contributed by atoms with Gasteiger partial charge in [-0.3, -0.25) is 0 Å². The molecular weight excluding hydrogens is 769 g/mol. The molecule has 0 unspecified atom stereocenters. The molecule has 6 aromatic rings. The van der Waals surface area contributed by atoms with E-state index in [9.17, 15) is 30.6 Å².